The third-order valence-corrected chi connectivity index (χ3v) is 6.47. The molecule has 0 radical (unpaired) electrons. The van der Waals surface area contributed by atoms with Crippen LogP contribution in [0.25, 0.3) is 0 Å². The van der Waals surface area contributed by atoms with Gasteiger partial charge in [-0.25, -0.2) is 4.79 Å². The molecule has 4 amide bonds. The zero-order valence-electron chi connectivity index (χ0n) is 22.5. The number of piperazine rings is 1. The molecule has 1 unspecified atom stereocenters. The van der Waals surface area contributed by atoms with E-state index >= 15 is 0 Å². The van der Waals surface area contributed by atoms with E-state index in [1.165, 1.54) is 11.1 Å². The lowest BCUT2D eigenvalue weighted by Gasteiger charge is -2.34. The van der Waals surface area contributed by atoms with Gasteiger partial charge in [-0.05, 0) is 57.7 Å². The van der Waals surface area contributed by atoms with Gasteiger partial charge in [-0.3, -0.25) is 34.6 Å². The molecule has 12 heteroatoms. The number of fused-ring (bicyclic) bond motifs is 1. The molecule has 1 aromatic rings. The number of ether oxygens (including phenoxy) is 2. The average molecular weight is 539 g/mol. The van der Waals surface area contributed by atoms with Crippen LogP contribution in [0.3, 0.4) is 0 Å². The van der Waals surface area contributed by atoms with Crippen LogP contribution in [0.5, 0.6) is 5.75 Å². The van der Waals surface area contributed by atoms with Gasteiger partial charge < -0.3 is 19.3 Å². The summed E-state index contributed by atoms with van der Waals surface area (Å²) in [7, 11) is 0. The molecule has 2 fully saturated rings. The van der Waals surface area contributed by atoms with Gasteiger partial charge in [0.15, 0.2) is 5.76 Å². The van der Waals surface area contributed by atoms with Crippen molar-refractivity contribution in [2.45, 2.75) is 51.8 Å². The Morgan fingerprint density at radius 3 is 2.59 bits per heavy atom. The van der Waals surface area contributed by atoms with E-state index in [1.807, 2.05) is 20.8 Å². The van der Waals surface area contributed by atoms with Crippen LogP contribution in [0.15, 0.2) is 40.1 Å². The molecule has 0 aromatic heterocycles. The lowest BCUT2D eigenvalue weighted by atomic mass is 10.0. The van der Waals surface area contributed by atoms with Crippen LogP contribution in [0.1, 0.15) is 49.5 Å². The van der Waals surface area contributed by atoms with Crippen LogP contribution in [0.2, 0.25) is 0 Å². The quantitative estimate of drug-likeness (QED) is 0.319. The van der Waals surface area contributed by atoms with Crippen molar-refractivity contribution in [1.82, 2.24) is 20.0 Å². The fourth-order valence-electron chi connectivity index (χ4n) is 4.57. The maximum Gasteiger partial charge on any atom is 0.410 e. The number of rotatable bonds is 7. The summed E-state index contributed by atoms with van der Waals surface area (Å²) in [4.78, 5) is 62.4. The average Bonchev–Trinajstić information content (AvgIpc) is 3.19. The second-order valence-electron chi connectivity index (χ2n) is 10.6. The zero-order valence-corrected chi connectivity index (χ0v) is 22.5. The lowest BCUT2D eigenvalue weighted by molar-refractivity contribution is -0.136. The number of hydrogen-bond donors (Lipinski definition) is 1. The molecule has 39 heavy (non-hydrogen) atoms. The molecule has 1 N–H and O–H groups in total. The summed E-state index contributed by atoms with van der Waals surface area (Å²) in [5.74, 6) is -0.171. The number of hydrogen-bond acceptors (Lipinski definition) is 9. The number of carbonyl (C=O) groups is 4. The Balaban J connectivity index is 1.31. The van der Waals surface area contributed by atoms with Crippen LogP contribution >= 0.6 is 0 Å². The first kappa shape index (κ1) is 28.0. The largest absolute Gasteiger partial charge is 0.454 e. The van der Waals surface area contributed by atoms with Gasteiger partial charge in [-0.2, -0.15) is 0 Å². The van der Waals surface area contributed by atoms with Crippen molar-refractivity contribution >= 4 is 36.7 Å². The van der Waals surface area contributed by atoms with Gasteiger partial charge in [0.25, 0.3) is 5.91 Å². The first-order valence-electron chi connectivity index (χ1n) is 12.9. The number of carbonyl (C=O) groups excluding carboxylic acids is 4. The van der Waals surface area contributed by atoms with E-state index < -0.39 is 17.6 Å². The van der Waals surface area contributed by atoms with Crippen molar-refractivity contribution in [3.63, 3.8) is 0 Å². The molecule has 0 aliphatic carbocycles. The van der Waals surface area contributed by atoms with Crippen LogP contribution in [0.4, 0.5) is 4.79 Å². The van der Waals surface area contributed by atoms with Crippen LogP contribution in [0, 0.1) is 0 Å². The Kier molecular flexibility index (Phi) is 8.44. The number of benzene rings is 1. The Bertz CT molecular complexity index is 1210. The predicted octanol–water partition coefficient (Wildman–Crippen LogP) is 1.95. The van der Waals surface area contributed by atoms with Crippen LogP contribution in [-0.2, 0) is 20.9 Å². The highest BCUT2D eigenvalue weighted by molar-refractivity contribution is 6.05. The van der Waals surface area contributed by atoms with Gasteiger partial charge in [0.2, 0.25) is 11.8 Å². The number of aliphatic imine (C=N–C) groups is 2. The molecule has 3 heterocycles. The summed E-state index contributed by atoms with van der Waals surface area (Å²) < 4.78 is 11.4. The predicted molar refractivity (Wildman–Crippen MR) is 143 cm³/mol. The highest BCUT2D eigenvalue weighted by atomic mass is 16.6. The van der Waals surface area contributed by atoms with E-state index in [2.05, 4.69) is 26.9 Å². The standard InChI is InChI=1S/C27H34N6O6/c1-27(2,3)39-26(37)32-11-9-31(10-12-32)17-29-15-20(14-28-4)38-19-5-6-21-18(13-19)16-33(25(21)36)22-7-8-23(34)30-24(22)35/h5-6,13-15,22H,4,7-12,16-17H2,1-3H3,(H,30,34,35)/b20-14+,29-15-. The van der Waals surface area contributed by atoms with Crippen LogP contribution in [-0.4, -0.2) is 95.9 Å². The molecule has 1 atom stereocenters. The minimum absolute atomic E-state index is 0.201. The number of piperidine rings is 1. The Morgan fingerprint density at radius 2 is 1.92 bits per heavy atom. The van der Waals surface area contributed by atoms with Crippen molar-refractivity contribution in [2.24, 2.45) is 9.98 Å². The van der Waals surface area contributed by atoms with E-state index in [-0.39, 0.29) is 30.9 Å². The Labute approximate surface area is 227 Å². The first-order valence-corrected chi connectivity index (χ1v) is 12.9. The SMILES string of the molecule is C=N/C=C(\C=N/CN1CCN(C(=O)OC(C)(C)C)CC1)Oc1ccc2c(c1)CN(C1CCC(=O)NC1=O)C2=O. The van der Waals surface area contributed by atoms with E-state index in [9.17, 15) is 19.2 Å². The third kappa shape index (κ3) is 7.08. The van der Waals surface area contributed by atoms with Crippen molar-refractivity contribution < 1.29 is 28.7 Å². The molecule has 2 saturated heterocycles. The normalized spacial score (nSPS) is 20.7. The zero-order chi connectivity index (χ0) is 28.2. The lowest BCUT2D eigenvalue weighted by Crippen LogP contribution is -2.52. The minimum atomic E-state index is -0.675. The van der Waals surface area contributed by atoms with E-state index in [4.69, 9.17) is 9.47 Å². The molecule has 0 bridgehead atoms. The fourth-order valence-corrected chi connectivity index (χ4v) is 4.57. The molecular formula is C27H34N6O6. The molecule has 0 spiro atoms. The number of nitrogens with one attached hydrogen (secondary N) is 1. The summed E-state index contributed by atoms with van der Waals surface area (Å²) in [6.45, 7) is 12.1. The number of amides is 4. The molecule has 12 nitrogen and oxygen atoms in total. The smallest absolute Gasteiger partial charge is 0.410 e. The van der Waals surface area contributed by atoms with E-state index in [1.54, 1.807) is 29.3 Å². The second kappa shape index (κ2) is 11.8. The van der Waals surface area contributed by atoms with Gasteiger partial charge in [0, 0.05) is 44.7 Å². The summed E-state index contributed by atoms with van der Waals surface area (Å²) in [5.41, 5.74) is 0.702. The van der Waals surface area contributed by atoms with Gasteiger partial charge in [-0.1, -0.05) is 0 Å². The third-order valence-electron chi connectivity index (χ3n) is 6.47. The van der Waals surface area contributed by atoms with Crippen molar-refractivity contribution in [3.8, 4) is 5.75 Å². The van der Waals surface area contributed by atoms with Gasteiger partial charge in [-0.15, -0.1) is 0 Å². The number of imide groups is 1. The molecule has 3 aliphatic rings. The molecule has 1 aromatic carbocycles. The number of nitrogens with zero attached hydrogens (tertiary/aromatic N) is 5. The molecule has 4 rings (SSSR count). The monoisotopic (exact) mass is 538 g/mol. The highest BCUT2D eigenvalue weighted by Crippen LogP contribution is 2.30. The van der Waals surface area contributed by atoms with E-state index in [0.29, 0.717) is 56.3 Å². The summed E-state index contributed by atoms with van der Waals surface area (Å²) in [5, 5.41) is 2.30. The van der Waals surface area contributed by atoms with Crippen LogP contribution < -0.4 is 10.1 Å². The molecule has 3 aliphatic heterocycles. The number of allylic oxidation sites excluding steroid dienone is 1. The maximum atomic E-state index is 12.9. The maximum absolute atomic E-state index is 12.9. The Hall–Kier alpha value is -4.06. The van der Waals surface area contributed by atoms with Gasteiger partial charge >= 0.3 is 6.09 Å². The Morgan fingerprint density at radius 1 is 1.18 bits per heavy atom. The summed E-state index contributed by atoms with van der Waals surface area (Å²) >= 11 is 0. The summed E-state index contributed by atoms with van der Waals surface area (Å²) in [6.07, 6.45) is 3.20. The molecule has 208 valence electrons. The van der Waals surface area contributed by atoms with Crippen molar-refractivity contribution in [2.75, 3.05) is 32.8 Å². The topological polar surface area (TPSA) is 133 Å². The fraction of sp³-hybridized carbons (Fsp3) is 0.481. The van der Waals surface area contributed by atoms with E-state index in [0.717, 1.165) is 5.56 Å². The minimum Gasteiger partial charge on any atom is -0.454 e. The van der Waals surface area contributed by atoms with Gasteiger partial charge in [0.05, 0.1) is 19.1 Å². The van der Waals surface area contributed by atoms with Gasteiger partial charge in [0.1, 0.15) is 17.4 Å². The van der Waals surface area contributed by atoms with Crippen molar-refractivity contribution in [1.29, 1.82) is 0 Å². The molecular weight excluding hydrogens is 504 g/mol. The first-order chi connectivity index (χ1) is 18.5. The summed E-state index contributed by atoms with van der Waals surface area (Å²) in [6, 6.07) is 4.41. The molecule has 0 saturated carbocycles. The van der Waals surface area contributed by atoms with Crippen molar-refractivity contribution in [3.05, 3.63) is 41.3 Å². The second-order valence-corrected chi connectivity index (χ2v) is 10.6. The highest BCUT2D eigenvalue weighted by Gasteiger charge is 2.39.